The fraction of sp³-hybridized carbons (Fsp3) is 0.391. The Labute approximate surface area is 175 Å². The Balaban J connectivity index is 1.83. The number of benzene rings is 2. The number of hydrogen-bond acceptors (Lipinski definition) is 3. The van der Waals surface area contributed by atoms with Crippen molar-refractivity contribution in [1.29, 1.82) is 0 Å². The topological polar surface area (TPSA) is 58.6 Å². The molecule has 0 spiro atoms. The quantitative estimate of drug-likeness (QED) is 0.691. The van der Waals surface area contributed by atoms with Gasteiger partial charge in [0.05, 0.1) is 0 Å². The van der Waals surface area contributed by atoms with Crippen LogP contribution >= 0.6 is 0 Å². The van der Waals surface area contributed by atoms with E-state index in [1.54, 1.807) is 11.0 Å². The van der Waals surface area contributed by atoms with Gasteiger partial charge in [-0.2, -0.15) is 8.78 Å². The lowest BCUT2D eigenvalue weighted by Crippen LogP contribution is -2.47. The SMILES string of the molecule is CC(C)C(C(=O)Nc1ccc(OC(F)F)c(Cc2ccccc2)c1)N1CCCC1=O. The van der Waals surface area contributed by atoms with Crippen LogP contribution in [0.3, 0.4) is 0 Å². The highest BCUT2D eigenvalue weighted by atomic mass is 19.3. The molecule has 2 aromatic rings. The summed E-state index contributed by atoms with van der Waals surface area (Å²) < 4.78 is 30.3. The Bertz CT molecular complexity index is 887. The largest absolute Gasteiger partial charge is 0.435 e. The molecule has 0 aliphatic carbocycles. The summed E-state index contributed by atoms with van der Waals surface area (Å²) in [7, 11) is 0. The summed E-state index contributed by atoms with van der Waals surface area (Å²) >= 11 is 0. The van der Waals surface area contributed by atoms with Gasteiger partial charge in [-0.3, -0.25) is 9.59 Å². The summed E-state index contributed by atoms with van der Waals surface area (Å²) in [6.07, 6.45) is 1.58. The van der Waals surface area contributed by atoms with E-state index < -0.39 is 12.7 Å². The van der Waals surface area contributed by atoms with Gasteiger partial charge in [0, 0.05) is 30.6 Å². The van der Waals surface area contributed by atoms with E-state index >= 15 is 0 Å². The molecule has 1 aliphatic rings. The van der Waals surface area contributed by atoms with E-state index in [1.807, 2.05) is 44.2 Å². The first-order valence-electron chi connectivity index (χ1n) is 10.1. The van der Waals surface area contributed by atoms with E-state index in [4.69, 9.17) is 0 Å². The zero-order chi connectivity index (χ0) is 21.7. The van der Waals surface area contributed by atoms with Crippen LogP contribution in [0.2, 0.25) is 0 Å². The molecule has 160 valence electrons. The highest BCUT2D eigenvalue weighted by Gasteiger charge is 2.35. The first-order chi connectivity index (χ1) is 14.3. The number of halogens is 2. The first kappa shape index (κ1) is 21.7. The van der Waals surface area contributed by atoms with Crippen LogP contribution in [0.15, 0.2) is 48.5 Å². The van der Waals surface area contributed by atoms with Gasteiger partial charge in [-0.1, -0.05) is 44.2 Å². The Morgan fingerprint density at radius 1 is 1.17 bits per heavy atom. The van der Waals surface area contributed by atoms with E-state index in [0.717, 1.165) is 12.0 Å². The average molecular weight is 416 g/mol. The molecule has 3 rings (SSSR count). The molecule has 5 nitrogen and oxygen atoms in total. The minimum Gasteiger partial charge on any atom is -0.435 e. The van der Waals surface area contributed by atoms with Crippen molar-refractivity contribution in [2.75, 3.05) is 11.9 Å². The Morgan fingerprint density at radius 3 is 2.50 bits per heavy atom. The monoisotopic (exact) mass is 416 g/mol. The normalized spacial score (nSPS) is 15.0. The van der Waals surface area contributed by atoms with Crippen LogP contribution in [0.25, 0.3) is 0 Å². The van der Waals surface area contributed by atoms with Gasteiger partial charge in [-0.15, -0.1) is 0 Å². The number of ether oxygens (including phenoxy) is 1. The van der Waals surface area contributed by atoms with Crippen LogP contribution in [0.5, 0.6) is 5.75 Å². The van der Waals surface area contributed by atoms with E-state index in [1.165, 1.54) is 12.1 Å². The summed E-state index contributed by atoms with van der Waals surface area (Å²) in [5.41, 5.74) is 1.95. The highest BCUT2D eigenvalue weighted by molar-refractivity contribution is 5.97. The molecule has 0 radical (unpaired) electrons. The van der Waals surface area contributed by atoms with Gasteiger partial charge in [-0.05, 0) is 36.1 Å². The molecule has 1 atom stereocenters. The maximum absolute atomic E-state index is 13.0. The van der Waals surface area contributed by atoms with E-state index in [-0.39, 0.29) is 23.5 Å². The van der Waals surface area contributed by atoms with Crippen molar-refractivity contribution >= 4 is 17.5 Å². The summed E-state index contributed by atoms with van der Waals surface area (Å²) in [5, 5.41) is 2.85. The van der Waals surface area contributed by atoms with Crippen molar-refractivity contribution in [3.63, 3.8) is 0 Å². The number of alkyl halides is 2. The number of rotatable bonds is 8. The Kier molecular flexibility index (Phi) is 7.03. The third-order valence-electron chi connectivity index (χ3n) is 5.13. The van der Waals surface area contributed by atoms with Crippen LogP contribution in [-0.4, -0.2) is 35.9 Å². The molecular weight excluding hydrogens is 390 g/mol. The minimum atomic E-state index is -2.94. The second kappa shape index (κ2) is 9.69. The number of carbonyl (C=O) groups is 2. The first-order valence-corrected chi connectivity index (χ1v) is 10.1. The maximum Gasteiger partial charge on any atom is 0.387 e. The van der Waals surface area contributed by atoms with Crippen LogP contribution in [-0.2, 0) is 16.0 Å². The zero-order valence-corrected chi connectivity index (χ0v) is 17.1. The molecule has 30 heavy (non-hydrogen) atoms. The van der Waals surface area contributed by atoms with Crippen molar-refractivity contribution in [3.8, 4) is 5.75 Å². The van der Waals surface area contributed by atoms with Crippen LogP contribution < -0.4 is 10.1 Å². The molecule has 1 unspecified atom stereocenters. The van der Waals surface area contributed by atoms with Crippen LogP contribution in [0, 0.1) is 5.92 Å². The smallest absolute Gasteiger partial charge is 0.387 e. The molecule has 1 aliphatic heterocycles. The van der Waals surface area contributed by atoms with Gasteiger partial charge in [0.15, 0.2) is 0 Å². The lowest BCUT2D eigenvalue weighted by molar-refractivity contribution is -0.136. The van der Waals surface area contributed by atoms with Gasteiger partial charge in [-0.25, -0.2) is 0 Å². The summed E-state index contributed by atoms with van der Waals surface area (Å²) in [4.78, 5) is 26.7. The van der Waals surface area contributed by atoms with Gasteiger partial charge < -0.3 is 15.0 Å². The predicted molar refractivity (Wildman–Crippen MR) is 111 cm³/mol. The molecule has 0 bridgehead atoms. The highest BCUT2D eigenvalue weighted by Crippen LogP contribution is 2.28. The molecule has 0 aromatic heterocycles. The lowest BCUT2D eigenvalue weighted by atomic mass is 10.0. The lowest BCUT2D eigenvalue weighted by Gasteiger charge is -2.30. The molecule has 1 N–H and O–H groups in total. The summed E-state index contributed by atoms with van der Waals surface area (Å²) in [6.45, 7) is 1.42. The third-order valence-corrected chi connectivity index (χ3v) is 5.13. The fourth-order valence-electron chi connectivity index (χ4n) is 3.81. The number of carbonyl (C=O) groups excluding carboxylic acids is 2. The fourth-order valence-corrected chi connectivity index (χ4v) is 3.81. The molecule has 1 saturated heterocycles. The number of nitrogens with one attached hydrogen (secondary N) is 1. The molecule has 7 heteroatoms. The zero-order valence-electron chi connectivity index (χ0n) is 17.1. The summed E-state index contributed by atoms with van der Waals surface area (Å²) in [5.74, 6) is -0.290. The number of nitrogens with zero attached hydrogens (tertiary/aromatic N) is 1. The van der Waals surface area contributed by atoms with Gasteiger partial charge in [0.1, 0.15) is 11.8 Å². The van der Waals surface area contributed by atoms with Gasteiger partial charge in [0.25, 0.3) is 0 Å². The van der Waals surface area contributed by atoms with Crippen molar-refractivity contribution < 1.29 is 23.1 Å². The predicted octanol–water partition coefficient (Wildman–Crippen LogP) is 4.46. The Hall–Kier alpha value is -2.96. The van der Waals surface area contributed by atoms with Crippen LogP contribution in [0.4, 0.5) is 14.5 Å². The number of amides is 2. The maximum atomic E-state index is 13.0. The van der Waals surface area contributed by atoms with E-state index in [0.29, 0.717) is 30.6 Å². The molecule has 1 fully saturated rings. The third kappa shape index (κ3) is 5.34. The number of likely N-dealkylation sites (tertiary alicyclic amines) is 1. The molecule has 2 amide bonds. The van der Waals surface area contributed by atoms with Gasteiger partial charge in [0.2, 0.25) is 11.8 Å². The Morgan fingerprint density at radius 2 is 1.90 bits per heavy atom. The second-order valence-electron chi connectivity index (χ2n) is 7.73. The molecule has 1 heterocycles. The molecular formula is C23H26F2N2O3. The minimum absolute atomic E-state index is 0.0192. The van der Waals surface area contributed by atoms with Crippen molar-refractivity contribution in [3.05, 3.63) is 59.7 Å². The summed E-state index contributed by atoms with van der Waals surface area (Å²) in [6, 6.07) is 13.4. The van der Waals surface area contributed by atoms with Crippen molar-refractivity contribution in [2.45, 2.75) is 45.8 Å². The second-order valence-corrected chi connectivity index (χ2v) is 7.73. The van der Waals surface area contributed by atoms with Crippen LogP contribution in [0.1, 0.15) is 37.8 Å². The van der Waals surface area contributed by atoms with E-state index in [9.17, 15) is 18.4 Å². The van der Waals surface area contributed by atoms with E-state index in [2.05, 4.69) is 10.1 Å². The van der Waals surface area contributed by atoms with Crippen molar-refractivity contribution in [2.24, 2.45) is 5.92 Å². The number of anilines is 1. The van der Waals surface area contributed by atoms with Crippen molar-refractivity contribution in [1.82, 2.24) is 4.90 Å². The standard InChI is InChI=1S/C23H26F2N2O3/c1-15(2)21(27-12-6-9-20(27)28)22(29)26-18-10-11-19(30-23(24)25)17(14-18)13-16-7-4-3-5-8-16/h3-5,7-8,10-11,14-15,21,23H,6,9,12-13H2,1-2H3,(H,26,29). The average Bonchev–Trinajstić information content (AvgIpc) is 3.09. The number of hydrogen-bond donors (Lipinski definition) is 1. The molecule has 2 aromatic carbocycles. The molecule has 0 saturated carbocycles. The van der Waals surface area contributed by atoms with Gasteiger partial charge >= 0.3 is 6.61 Å².